The van der Waals surface area contributed by atoms with Gasteiger partial charge in [-0.3, -0.25) is 9.47 Å². The number of carbonyl (C=O) groups is 1. The van der Waals surface area contributed by atoms with Crippen LogP contribution in [0.5, 0.6) is 17.2 Å². The van der Waals surface area contributed by atoms with E-state index in [2.05, 4.69) is 22.0 Å². The number of imidazole rings is 1. The number of piperidine rings is 1. The number of nitrogens with one attached hydrogen (secondary N) is 1. The molecule has 2 fully saturated rings. The minimum Gasteiger partial charge on any atom is -0.493 e. The van der Waals surface area contributed by atoms with Crippen LogP contribution in [-0.2, 0) is 6.54 Å². The molecule has 1 aromatic heterocycles. The molecule has 9 nitrogen and oxygen atoms in total. The Bertz CT molecular complexity index is 1250. The molecule has 3 aromatic rings. The van der Waals surface area contributed by atoms with Gasteiger partial charge in [0.05, 0.1) is 24.2 Å². The van der Waals surface area contributed by atoms with Gasteiger partial charge >= 0.3 is 11.8 Å². The van der Waals surface area contributed by atoms with Crippen molar-refractivity contribution >= 4 is 17.2 Å². The molecular formula is C26H31N3O6. The Kier molecular flexibility index (Phi) is 6.68. The summed E-state index contributed by atoms with van der Waals surface area (Å²) in [5.41, 5.74) is 2.33. The fourth-order valence-electron chi connectivity index (χ4n) is 5.33. The summed E-state index contributed by atoms with van der Waals surface area (Å²) < 4.78 is 18.3. The number of hydrogen-bond acceptors (Lipinski definition) is 6. The number of rotatable bonds is 7. The fraction of sp³-hybridized carbons (Fsp3) is 0.462. The van der Waals surface area contributed by atoms with E-state index in [1.165, 1.54) is 18.4 Å². The van der Waals surface area contributed by atoms with Crippen molar-refractivity contribution in [3.05, 3.63) is 52.4 Å². The largest absolute Gasteiger partial charge is 0.511 e. The maximum absolute atomic E-state index is 12.7. The molecule has 0 unspecified atom stereocenters. The second kappa shape index (κ2) is 10.0. The van der Waals surface area contributed by atoms with Crippen molar-refractivity contribution in [2.45, 2.75) is 57.2 Å². The fourth-order valence-corrected chi connectivity index (χ4v) is 5.33. The maximum atomic E-state index is 12.7. The van der Waals surface area contributed by atoms with Gasteiger partial charge in [0.25, 0.3) is 0 Å². The van der Waals surface area contributed by atoms with Crippen molar-refractivity contribution in [2.75, 3.05) is 20.2 Å². The first-order valence-corrected chi connectivity index (χ1v) is 12.2. The molecule has 2 N–H and O–H groups in total. The zero-order valence-electron chi connectivity index (χ0n) is 19.9. The Balaban J connectivity index is 1.24. The molecule has 1 saturated carbocycles. The van der Waals surface area contributed by atoms with Crippen molar-refractivity contribution < 1.29 is 24.1 Å². The van der Waals surface area contributed by atoms with Crippen molar-refractivity contribution in [3.8, 4) is 17.2 Å². The molecule has 2 aliphatic rings. The molecule has 1 aliphatic carbocycles. The zero-order chi connectivity index (χ0) is 24.4. The van der Waals surface area contributed by atoms with Crippen LogP contribution >= 0.6 is 0 Å². The molecule has 2 aromatic carbocycles. The number of aromatic amines is 1. The van der Waals surface area contributed by atoms with Crippen molar-refractivity contribution in [3.63, 3.8) is 0 Å². The van der Waals surface area contributed by atoms with Gasteiger partial charge in [0, 0.05) is 31.7 Å². The lowest BCUT2D eigenvalue weighted by molar-refractivity contribution is 0.144. The van der Waals surface area contributed by atoms with E-state index >= 15 is 0 Å². The van der Waals surface area contributed by atoms with E-state index in [4.69, 9.17) is 19.3 Å². The van der Waals surface area contributed by atoms with E-state index in [-0.39, 0.29) is 23.6 Å². The lowest BCUT2D eigenvalue weighted by atomic mass is 10.0. The highest BCUT2D eigenvalue weighted by Gasteiger charge is 2.25. The third-order valence-electron chi connectivity index (χ3n) is 7.05. The quantitative estimate of drug-likeness (QED) is 0.377. The SMILES string of the molecule is COc1ccc(CN2CCC(n3c(=O)[nH]c4cc(OC(=O)O)ccc43)CC2)cc1OC1CCCC1. The Morgan fingerprint density at radius 3 is 2.54 bits per heavy atom. The first kappa shape index (κ1) is 23.3. The summed E-state index contributed by atoms with van der Waals surface area (Å²) in [5, 5.41) is 8.82. The minimum absolute atomic E-state index is 0.0795. The summed E-state index contributed by atoms with van der Waals surface area (Å²) in [4.78, 5) is 28.7. The lowest BCUT2D eigenvalue weighted by Gasteiger charge is -2.32. The van der Waals surface area contributed by atoms with Crippen LogP contribution in [-0.4, -0.2) is 52.0 Å². The Hall–Kier alpha value is -3.46. The zero-order valence-corrected chi connectivity index (χ0v) is 19.9. The summed E-state index contributed by atoms with van der Waals surface area (Å²) in [6.45, 7) is 2.56. The van der Waals surface area contributed by atoms with Gasteiger partial charge in [0.2, 0.25) is 0 Å². The first-order valence-electron chi connectivity index (χ1n) is 12.2. The number of benzene rings is 2. The summed E-state index contributed by atoms with van der Waals surface area (Å²) in [5.74, 6) is 1.78. The maximum Gasteiger partial charge on any atom is 0.511 e. The van der Waals surface area contributed by atoms with E-state index in [1.807, 2.05) is 6.07 Å². The Labute approximate surface area is 203 Å². The predicted molar refractivity (Wildman–Crippen MR) is 131 cm³/mol. The van der Waals surface area contributed by atoms with Crippen LogP contribution in [0.3, 0.4) is 0 Å². The Morgan fingerprint density at radius 2 is 1.83 bits per heavy atom. The number of methoxy groups -OCH3 is 1. The van der Waals surface area contributed by atoms with Gasteiger partial charge in [-0.25, -0.2) is 9.59 Å². The third-order valence-corrected chi connectivity index (χ3v) is 7.05. The molecule has 2 heterocycles. The molecule has 1 aliphatic heterocycles. The van der Waals surface area contributed by atoms with Crippen molar-refractivity contribution in [1.29, 1.82) is 0 Å². The van der Waals surface area contributed by atoms with Crippen LogP contribution in [0.4, 0.5) is 4.79 Å². The van der Waals surface area contributed by atoms with Gasteiger partial charge in [-0.15, -0.1) is 0 Å². The summed E-state index contributed by atoms with van der Waals surface area (Å²) in [6, 6.07) is 11.1. The van der Waals surface area contributed by atoms with E-state index in [9.17, 15) is 9.59 Å². The number of hydrogen-bond donors (Lipinski definition) is 2. The van der Waals surface area contributed by atoms with Crippen LogP contribution in [0, 0.1) is 0 Å². The Morgan fingerprint density at radius 1 is 1.06 bits per heavy atom. The molecule has 0 radical (unpaired) electrons. The second-order valence-corrected chi connectivity index (χ2v) is 9.36. The molecule has 1 saturated heterocycles. The van der Waals surface area contributed by atoms with Crippen LogP contribution in [0.25, 0.3) is 11.0 Å². The molecule has 186 valence electrons. The predicted octanol–water partition coefficient (Wildman–Crippen LogP) is 4.55. The molecule has 5 rings (SSSR count). The average molecular weight is 482 g/mol. The standard InChI is InChI=1S/C26H31N3O6/c1-33-23-9-6-17(14-24(23)34-19-4-2-3-5-19)16-28-12-10-18(11-13-28)29-22-8-7-20(35-26(31)32)15-21(22)27-25(29)30/h6-9,14-15,18-19H,2-5,10-13,16H2,1H3,(H,27,30)(H,31,32). The molecular weight excluding hydrogens is 450 g/mol. The molecule has 0 spiro atoms. The van der Waals surface area contributed by atoms with E-state index in [0.717, 1.165) is 62.3 Å². The highest BCUT2D eigenvalue weighted by Crippen LogP contribution is 2.33. The molecule has 9 heteroatoms. The molecule has 35 heavy (non-hydrogen) atoms. The topological polar surface area (TPSA) is 106 Å². The number of likely N-dealkylation sites (tertiary alicyclic amines) is 1. The number of fused-ring (bicyclic) bond motifs is 1. The van der Waals surface area contributed by atoms with Gasteiger partial charge in [-0.2, -0.15) is 0 Å². The van der Waals surface area contributed by atoms with Crippen LogP contribution in [0.2, 0.25) is 0 Å². The monoisotopic (exact) mass is 481 g/mol. The highest BCUT2D eigenvalue weighted by atomic mass is 16.7. The van der Waals surface area contributed by atoms with Crippen molar-refractivity contribution in [2.24, 2.45) is 0 Å². The number of carboxylic acid groups (broad SMARTS) is 1. The lowest BCUT2D eigenvalue weighted by Crippen LogP contribution is -2.36. The van der Waals surface area contributed by atoms with Crippen LogP contribution < -0.4 is 19.9 Å². The van der Waals surface area contributed by atoms with Gasteiger partial charge in [0.15, 0.2) is 11.5 Å². The minimum atomic E-state index is -1.38. The number of ether oxygens (including phenoxy) is 3. The van der Waals surface area contributed by atoms with E-state index in [0.29, 0.717) is 5.52 Å². The normalized spacial score (nSPS) is 17.6. The van der Waals surface area contributed by atoms with E-state index < -0.39 is 6.16 Å². The first-order chi connectivity index (χ1) is 17.0. The van der Waals surface area contributed by atoms with Gasteiger partial charge in [-0.05, 0) is 68.4 Å². The molecule has 0 atom stereocenters. The van der Waals surface area contributed by atoms with Crippen LogP contribution in [0.15, 0.2) is 41.2 Å². The molecule has 0 amide bonds. The summed E-state index contributed by atoms with van der Waals surface area (Å²) in [7, 11) is 1.67. The summed E-state index contributed by atoms with van der Waals surface area (Å²) in [6.07, 6.45) is 5.23. The van der Waals surface area contributed by atoms with E-state index in [1.54, 1.807) is 29.9 Å². The van der Waals surface area contributed by atoms with Gasteiger partial charge in [0.1, 0.15) is 5.75 Å². The number of nitrogens with zero attached hydrogens (tertiary/aromatic N) is 2. The van der Waals surface area contributed by atoms with Crippen molar-refractivity contribution in [1.82, 2.24) is 14.5 Å². The van der Waals surface area contributed by atoms with Gasteiger partial charge < -0.3 is 24.3 Å². The smallest absolute Gasteiger partial charge is 0.493 e. The highest BCUT2D eigenvalue weighted by molar-refractivity contribution is 5.78. The summed E-state index contributed by atoms with van der Waals surface area (Å²) >= 11 is 0. The van der Waals surface area contributed by atoms with Gasteiger partial charge in [-0.1, -0.05) is 6.07 Å². The van der Waals surface area contributed by atoms with Crippen LogP contribution in [0.1, 0.15) is 50.1 Å². The molecule has 0 bridgehead atoms. The number of aromatic nitrogens is 2. The third kappa shape index (κ3) is 5.14. The average Bonchev–Trinajstić information content (AvgIpc) is 3.46. The number of H-pyrrole nitrogens is 1. The second-order valence-electron chi connectivity index (χ2n) is 9.36.